The van der Waals surface area contributed by atoms with Crippen molar-refractivity contribution in [3.05, 3.63) is 11.8 Å². The summed E-state index contributed by atoms with van der Waals surface area (Å²) < 4.78 is 0. The molecule has 0 aliphatic carbocycles. The summed E-state index contributed by atoms with van der Waals surface area (Å²) in [6.07, 6.45) is 6.19. The van der Waals surface area contributed by atoms with E-state index in [1.807, 2.05) is 18.3 Å². The molecule has 0 amide bonds. The Morgan fingerprint density at radius 3 is 3.00 bits per heavy atom. The molecule has 2 heteroatoms. The molecule has 1 heterocycles. The van der Waals surface area contributed by atoms with Crippen LogP contribution in [0.5, 0.6) is 0 Å². The molecule has 2 nitrogen and oxygen atoms in total. The molecule has 0 N–H and O–H groups in total. The summed E-state index contributed by atoms with van der Waals surface area (Å²) in [5, 5.41) is 5.91. The second-order valence-electron chi connectivity index (χ2n) is 2.22. The van der Waals surface area contributed by atoms with Crippen LogP contribution in [0.2, 0.25) is 0 Å². The molecule has 0 fully saturated rings. The molecule has 50 valence electrons. The zero-order valence-corrected chi connectivity index (χ0v) is 5.96. The van der Waals surface area contributed by atoms with Crippen molar-refractivity contribution in [3.8, 4) is 0 Å². The smallest absolute Gasteiger partial charge is 0.0296 e. The quantitative estimate of drug-likeness (QED) is 0.518. The number of hydrogen-bond donors (Lipinski definition) is 0. The lowest BCUT2D eigenvalue weighted by Crippen LogP contribution is -2.07. The first-order valence-corrected chi connectivity index (χ1v) is 3.27. The Kier molecular flexibility index (Phi) is 1.88. The first kappa shape index (κ1) is 6.33. The monoisotopic (exact) mass is 124 g/mol. The van der Waals surface area contributed by atoms with Crippen molar-refractivity contribution in [3.63, 3.8) is 0 Å². The molecule has 0 radical (unpaired) electrons. The molecule has 0 aromatic rings. The highest BCUT2D eigenvalue weighted by atomic mass is 15.4. The number of hydrazone groups is 1. The Morgan fingerprint density at radius 2 is 2.56 bits per heavy atom. The summed E-state index contributed by atoms with van der Waals surface area (Å²) in [5.41, 5.74) is 1.45. The number of allylic oxidation sites excluding steroid dienone is 1. The second-order valence-corrected chi connectivity index (χ2v) is 2.22. The molecule has 0 spiro atoms. The maximum absolute atomic E-state index is 4.06. The molecule has 0 aromatic heterocycles. The third kappa shape index (κ3) is 1.56. The minimum Gasteiger partial charge on any atom is -0.276 e. The third-order valence-electron chi connectivity index (χ3n) is 1.44. The van der Waals surface area contributed by atoms with E-state index in [0.717, 1.165) is 12.8 Å². The Bertz CT molecular complexity index is 147. The van der Waals surface area contributed by atoms with Gasteiger partial charge in [0.2, 0.25) is 0 Å². The van der Waals surface area contributed by atoms with Gasteiger partial charge in [-0.2, -0.15) is 5.10 Å². The van der Waals surface area contributed by atoms with Crippen LogP contribution < -0.4 is 0 Å². The molecule has 1 aliphatic rings. The van der Waals surface area contributed by atoms with E-state index in [0.29, 0.717) is 0 Å². The molecule has 0 unspecified atom stereocenters. The van der Waals surface area contributed by atoms with Crippen molar-refractivity contribution in [1.82, 2.24) is 5.01 Å². The van der Waals surface area contributed by atoms with Gasteiger partial charge < -0.3 is 0 Å². The van der Waals surface area contributed by atoms with Gasteiger partial charge in [0.1, 0.15) is 0 Å². The second kappa shape index (κ2) is 2.67. The van der Waals surface area contributed by atoms with Crippen LogP contribution in [0.1, 0.15) is 19.8 Å². The molecule has 1 aliphatic heterocycles. The van der Waals surface area contributed by atoms with Gasteiger partial charge in [-0.1, -0.05) is 6.92 Å². The highest BCUT2D eigenvalue weighted by molar-refractivity contribution is 5.61. The van der Waals surface area contributed by atoms with Gasteiger partial charge in [-0.25, -0.2) is 0 Å². The highest BCUT2D eigenvalue weighted by Gasteiger charge is 1.98. The summed E-state index contributed by atoms with van der Waals surface area (Å²) in [6, 6.07) is 0. The fourth-order valence-electron chi connectivity index (χ4n) is 0.873. The van der Waals surface area contributed by atoms with Crippen molar-refractivity contribution in [2.75, 3.05) is 7.05 Å². The minimum absolute atomic E-state index is 1.03. The highest BCUT2D eigenvalue weighted by Crippen LogP contribution is 2.09. The number of rotatable bonds is 1. The van der Waals surface area contributed by atoms with Gasteiger partial charge in [-0.3, -0.25) is 5.01 Å². The lowest BCUT2D eigenvalue weighted by atomic mass is 10.1. The molecule has 0 atom stereocenters. The molecule has 0 aromatic carbocycles. The molecular weight excluding hydrogens is 112 g/mol. The lowest BCUT2D eigenvalue weighted by Gasteiger charge is -2.13. The Hall–Kier alpha value is -0.790. The maximum atomic E-state index is 4.06. The maximum Gasteiger partial charge on any atom is 0.0296 e. The molecular formula is C7H12N2. The van der Waals surface area contributed by atoms with Crippen molar-refractivity contribution in [2.24, 2.45) is 5.10 Å². The average molecular weight is 124 g/mol. The van der Waals surface area contributed by atoms with Gasteiger partial charge in [0, 0.05) is 25.9 Å². The largest absolute Gasteiger partial charge is 0.276 e. The van der Waals surface area contributed by atoms with Gasteiger partial charge in [0.05, 0.1) is 0 Å². The zero-order chi connectivity index (χ0) is 6.69. The van der Waals surface area contributed by atoms with E-state index >= 15 is 0 Å². The summed E-state index contributed by atoms with van der Waals surface area (Å²) in [5.74, 6) is 0. The fraction of sp³-hybridized carbons (Fsp3) is 0.571. The van der Waals surface area contributed by atoms with E-state index in [1.54, 1.807) is 0 Å². The van der Waals surface area contributed by atoms with Crippen LogP contribution >= 0.6 is 0 Å². The molecule has 1 rings (SSSR count). The van der Waals surface area contributed by atoms with Crippen LogP contribution in [-0.4, -0.2) is 18.3 Å². The summed E-state index contributed by atoms with van der Waals surface area (Å²) in [6.45, 7) is 2.17. The Labute approximate surface area is 55.9 Å². The van der Waals surface area contributed by atoms with E-state index < -0.39 is 0 Å². The lowest BCUT2D eigenvalue weighted by molar-refractivity contribution is 0.477. The van der Waals surface area contributed by atoms with Crippen molar-refractivity contribution in [1.29, 1.82) is 0 Å². The van der Waals surface area contributed by atoms with Crippen LogP contribution in [-0.2, 0) is 0 Å². The Balaban J connectivity index is 2.55. The SMILES string of the molecule is CCC1=CN(C)N=CC1. The topological polar surface area (TPSA) is 15.6 Å². The molecule has 0 saturated carbocycles. The van der Waals surface area contributed by atoms with Crippen LogP contribution in [0.3, 0.4) is 0 Å². The first-order chi connectivity index (χ1) is 4.33. The predicted octanol–water partition coefficient (Wildman–Crippen LogP) is 1.60. The van der Waals surface area contributed by atoms with Crippen molar-refractivity contribution in [2.45, 2.75) is 19.8 Å². The van der Waals surface area contributed by atoms with Crippen LogP contribution in [0.15, 0.2) is 16.9 Å². The van der Waals surface area contributed by atoms with Gasteiger partial charge in [-0.15, -0.1) is 0 Å². The summed E-state index contributed by atoms with van der Waals surface area (Å²) in [4.78, 5) is 0. The number of nitrogens with zero attached hydrogens (tertiary/aromatic N) is 2. The van der Waals surface area contributed by atoms with E-state index in [-0.39, 0.29) is 0 Å². The van der Waals surface area contributed by atoms with Crippen molar-refractivity contribution < 1.29 is 0 Å². The van der Waals surface area contributed by atoms with Crippen LogP contribution in [0.25, 0.3) is 0 Å². The number of hydrogen-bond acceptors (Lipinski definition) is 2. The van der Waals surface area contributed by atoms with E-state index in [1.165, 1.54) is 5.57 Å². The van der Waals surface area contributed by atoms with Crippen LogP contribution in [0, 0.1) is 0 Å². The zero-order valence-electron chi connectivity index (χ0n) is 5.96. The third-order valence-corrected chi connectivity index (χ3v) is 1.44. The molecule has 9 heavy (non-hydrogen) atoms. The van der Waals surface area contributed by atoms with E-state index in [4.69, 9.17) is 0 Å². The van der Waals surface area contributed by atoms with Gasteiger partial charge in [0.15, 0.2) is 0 Å². The first-order valence-electron chi connectivity index (χ1n) is 3.27. The summed E-state index contributed by atoms with van der Waals surface area (Å²) >= 11 is 0. The van der Waals surface area contributed by atoms with E-state index in [9.17, 15) is 0 Å². The van der Waals surface area contributed by atoms with Crippen molar-refractivity contribution >= 4 is 6.21 Å². The minimum atomic E-state index is 1.03. The Morgan fingerprint density at radius 1 is 1.78 bits per heavy atom. The van der Waals surface area contributed by atoms with Gasteiger partial charge >= 0.3 is 0 Å². The summed E-state index contributed by atoms with van der Waals surface area (Å²) in [7, 11) is 1.95. The molecule has 0 bridgehead atoms. The van der Waals surface area contributed by atoms with Gasteiger partial charge in [0.25, 0.3) is 0 Å². The van der Waals surface area contributed by atoms with Gasteiger partial charge in [-0.05, 0) is 12.0 Å². The van der Waals surface area contributed by atoms with Crippen LogP contribution in [0.4, 0.5) is 0 Å². The van der Waals surface area contributed by atoms with E-state index in [2.05, 4.69) is 18.2 Å². The molecule has 0 saturated heterocycles. The predicted molar refractivity (Wildman–Crippen MR) is 39.2 cm³/mol. The standard InChI is InChI=1S/C7H12N2/c1-3-7-4-5-8-9(2)6-7/h5-6H,3-4H2,1-2H3. The normalized spacial score (nSPS) is 18.0. The average Bonchev–Trinajstić information content (AvgIpc) is 1.88. The fourth-order valence-corrected chi connectivity index (χ4v) is 0.873.